The number of primary amides is 1. The first-order valence-corrected chi connectivity index (χ1v) is 5.56. The Morgan fingerprint density at radius 2 is 2.00 bits per heavy atom. The van der Waals surface area contributed by atoms with Crippen LogP contribution in [0.25, 0.3) is 0 Å². The van der Waals surface area contributed by atoms with E-state index in [1.807, 2.05) is 0 Å². The number of hydrogen-bond donors (Lipinski definition) is 1. The van der Waals surface area contributed by atoms with Crippen LogP contribution >= 0.6 is 0 Å². The van der Waals surface area contributed by atoms with Crippen molar-refractivity contribution in [3.05, 3.63) is 35.4 Å². The highest BCUT2D eigenvalue weighted by Crippen LogP contribution is 2.27. The minimum Gasteiger partial charge on any atom is -0.446 e. The fraction of sp³-hybridized carbons (Fsp3) is 0.417. The number of carbonyl (C=O) groups is 1. The molecule has 0 radical (unpaired) electrons. The van der Waals surface area contributed by atoms with Crippen LogP contribution in [0.4, 0.5) is 13.6 Å². The SMILES string of the molecule is NC(=O)O[C@H]1C[C@H](OCc2ccc(F)c(F)c2)C1. The third-order valence-corrected chi connectivity index (χ3v) is 2.80. The Kier molecular flexibility index (Phi) is 3.76. The van der Waals surface area contributed by atoms with Gasteiger partial charge in [-0.15, -0.1) is 0 Å². The number of nitrogens with two attached hydrogens (primary N) is 1. The molecule has 1 saturated carbocycles. The highest BCUT2D eigenvalue weighted by molar-refractivity contribution is 5.64. The van der Waals surface area contributed by atoms with Crippen molar-refractivity contribution in [1.29, 1.82) is 0 Å². The molecule has 4 nitrogen and oxygen atoms in total. The lowest BCUT2D eigenvalue weighted by Gasteiger charge is -2.33. The van der Waals surface area contributed by atoms with E-state index in [0.717, 1.165) is 12.1 Å². The summed E-state index contributed by atoms with van der Waals surface area (Å²) in [7, 11) is 0. The molecule has 1 aromatic carbocycles. The maximum atomic E-state index is 12.9. The summed E-state index contributed by atoms with van der Waals surface area (Å²) < 4.78 is 35.8. The number of rotatable bonds is 4. The maximum absolute atomic E-state index is 12.9. The third-order valence-electron chi connectivity index (χ3n) is 2.80. The molecule has 6 heteroatoms. The lowest BCUT2D eigenvalue weighted by molar-refractivity contribution is -0.0801. The molecule has 1 aliphatic carbocycles. The van der Waals surface area contributed by atoms with Crippen LogP contribution in [-0.4, -0.2) is 18.3 Å². The molecule has 0 aromatic heterocycles. The molecule has 1 fully saturated rings. The summed E-state index contributed by atoms with van der Waals surface area (Å²) in [6, 6.07) is 3.63. The number of amides is 1. The summed E-state index contributed by atoms with van der Waals surface area (Å²) in [5.74, 6) is -1.77. The van der Waals surface area contributed by atoms with Gasteiger partial charge in [-0.05, 0) is 17.7 Å². The molecule has 0 saturated heterocycles. The monoisotopic (exact) mass is 257 g/mol. The summed E-state index contributed by atoms with van der Waals surface area (Å²) in [6.07, 6.45) is 0.123. The molecule has 0 unspecified atom stereocenters. The zero-order valence-electron chi connectivity index (χ0n) is 9.57. The summed E-state index contributed by atoms with van der Waals surface area (Å²) in [5, 5.41) is 0. The molecule has 1 aliphatic rings. The van der Waals surface area contributed by atoms with Gasteiger partial charge in [-0.25, -0.2) is 13.6 Å². The van der Waals surface area contributed by atoms with Gasteiger partial charge >= 0.3 is 6.09 Å². The van der Waals surface area contributed by atoms with Crippen LogP contribution in [0.5, 0.6) is 0 Å². The van der Waals surface area contributed by atoms with E-state index < -0.39 is 17.7 Å². The van der Waals surface area contributed by atoms with E-state index in [4.69, 9.17) is 15.2 Å². The van der Waals surface area contributed by atoms with Gasteiger partial charge in [0.05, 0.1) is 12.7 Å². The largest absolute Gasteiger partial charge is 0.446 e. The van der Waals surface area contributed by atoms with Gasteiger partial charge in [0.1, 0.15) is 6.10 Å². The van der Waals surface area contributed by atoms with E-state index >= 15 is 0 Å². The van der Waals surface area contributed by atoms with E-state index in [0.29, 0.717) is 18.4 Å². The summed E-state index contributed by atoms with van der Waals surface area (Å²) >= 11 is 0. The van der Waals surface area contributed by atoms with Crippen molar-refractivity contribution in [1.82, 2.24) is 0 Å². The number of hydrogen-bond acceptors (Lipinski definition) is 3. The molecule has 2 N–H and O–H groups in total. The molecule has 1 aromatic rings. The Morgan fingerprint density at radius 1 is 1.28 bits per heavy atom. The molecule has 0 bridgehead atoms. The predicted octanol–water partition coefficient (Wildman–Crippen LogP) is 2.11. The molecule has 1 amide bonds. The van der Waals surface area contributed by atoms with E-state index in [1.165, 1.54) is 6.07 Å². The van der Waals surface area contributed by atoms with E-state index in [1.54, 1.807) is 0 Å². The van der Waals surface area contributed by atoms with Crippen molar-refractivity contribution in [2.45, 2.75) is 31.7 Å². The van der Waals surface area contributed by atoms with Crippen LogP contribution in [0, 0.1) is 11.6 Å². The highest BCUT2D eigenvalue weighted by atomic mass is 19.2. The second kappa shape index (κ2) is 5.30. The summed E-state index contributed by atoms with van der Waals surface area (Å²) in [4.78, 5) is 10.4. The van der Waals surface area contributed by atoms with Gasteiger partial charge in [-0.3, -0.25) is 0 Å². The van der Waals surface area contributed by atoms with Gasteiger partial charge in [-0.2, -0.15) is 0 Å². The fourth-order valence-electron chi connectivity index (χ4n) is 1.76. The Bertz CT molecular complexity index is 447. The van der Waals surface area contributed by atoms with E-state index in [9.17, 15) is 13.6 Å². The van der Waals surface area contributed by atoms with Gasteiger partial charge in [0.2, 0.25) is 0 Å². The number of ether oxygens (including phenoxy) is 2. The first-order valence-electron chi connectivity index (χ1n) is 5.56. The Balaban J connectivity index is 1.73. The van der Waals surface area contributed by atoms with Gasteiger partial charge in [0.25, 0.3) is 0 Å². The van der Waals surface area contributed by atoms with Crippen molar-refractivity contribution in [2.75, 3.05) is 0 Å². The molecule has 0 heterocycles. The zero-order valence-corrected chi connectivity index (χ0v) is 9.57. The molecule has 0 atom stereocenters. The van der Waals surface area contributed by atoms with E-state index in [2.05, 4.69) is 0 Å². The van der Waals surface area contributed by atoms with Crippen molar-refractivity contribution in [3.8, 4) is 0 Å². The van der Waals surface area contributed by atoms with Gasteiger partial charge in [0, 0.05) is 12.8 Å². The molecular weight excluding hydrogens is 244 g/mol. The summed E-state index contributed by atoms with van der Waals surface area (Å²) in [5.41, 5.74) is 5.43. The van der Waals surface area contributed by atoms with Crippen molar-refractivity contribution in [3.63, 3.8) is 0 Å². The smallest absolute Gasteiger partial charge is 0.404 e. The predicted molar refractivity (Wildman–Crippen MR) is 58.6 cm³/mol. The van der Waals surface area contributed by atoms with Gasteiger partial charge < -0.3 is 15.2 Å². The Morgan fingerprint density at radius 3 is 2.61 bits per heavy atom. The zero-order chi connectivity index (χ0) is 13.1. The third kappa shape index (κ3) is 3.16. The first-order chi connectivity index (χ1) is 8.54. The van der Waals surface area contributed by atoms with Crippen LogP contribution < -0.4 is 5.73 Å². The second-order valence-electron chi connectivity index (χ2n) is 4.21. The molecule has 0 aliphatic heterocycles. The van der Waals surface area contributed by atoms with Crippen molar-refractivity contribution >= 4 is 6.09 Å². The fourth-order valence-corrected chi connectivity index (χ4v) is 1.76. The van der Waals surface area contributed by atoms with Gasteiger partial charge in [0.15, 0.2) is 11.6 Å². The Labute approximate surface area is 103 Å². The number of carbonyl (C=O) groups excluding carboxylic acids is 1. The van der Waals surface area contributed by atoms with Crippen LogP contribution in [-0.2, 0) is 16.1 Å². The minimum absolute atomic E-state index is 0.0394. The minimum atomic E-state index is -0.889. The normalized spacial score (nSPS) is 22.3. The van der Waals surface area contributed by atoms with Crippen molar-refractivity contribution in [2.24, 2.45) is 5.73 Å². The van der Waals surface area contributed by atoms with Crippen LogP contribution in [0.1, 0.15) is 18.4 Å². The van der Waals surface area contributed by atoms with E-state index in [-0.39, 0.29) is 18.8 Å². The number of halogens is 2. The molecule has 2 rings (SSSR count). The first kappa shape index (κ1) is 12.8. The number of benzene rings is 1. The lowest BCUT2D eigenvalue weighted by Crippen LogP contribution is -2.39. The van der Waals surface area contributed by atoms with Crippen LogP contribution in [0.3, 0.4) is 0 Å². The Hall–Kier alpha value is -1.69. The molecule has 0 spiro atoms. The second-order valence-corrected chi connectivity index (χ2v) is 4.21. The van der Waals surface area contributed by atoms with Gasteiger partial charge in [-0.1, -0.05) is 6.07 Å². The average Bonchev–Trinajstić information content (AvgIpc) is 2.25. The molecule has 98 valence electrons. The standard InChI is InChI=1S/C12H13F2NO3/c13-10-2-1-7(3-11(10)14)6-17-8-4-9(5-8)18-12(15)16/h1-3,8-9H,4-6H2,(H2,15,16)/t8-,9-. The van der Waals surface area contributed by atoms with Crippen molar-refractivity contribution < 1.29 is 23.0 Å². The maximum Gasteiger partial charge on any atom is 0.404 e. The lowest BCUT2D eigenvalue weighted by atomic mass is 9.92. The average molecular weight is 257 g/mol. The quantitative estimate of drug-likeness (QED) is 0.898. The molecule has 18 heavy (non-hydrogen) atoms. The topological polar surface area (TPSA) is 61.6 Å². The highest BCUT2D eigenvalue weighted by Gasteiger charge is 2.32. The molecular formula is C12H13F2NO3. The van der Waals surface area contributed by atoms with Crippen LogP contribution in [0.15, 0.2) is 18.2 Å². The van der Waals surface area contributed by atoms with Crippen LogP contribution in [0.2, 0.25) is 0 Å². The summed E-state index contributed by atoms with van der Waals surface area (Å²) in [6.45, 7) is 0.200.